The Kier molecular flexibility index (Phi) is 7.70. The van der Waals surface area contributed by atoms with Crippen LogP contribution in [0.3, 0.4) is 0 Å². The molecule has 0 aromatic rings. The van der Waals surface area contributed by atoms with E-state index >= 15 is 0 Å². The minimum atomic E-state index is -1.60. The summed E-state index contributed by atoms with van der Waals surface area (Å²) in [7, 11) is 0. The molecule has 2 fully saturated rings. The molecule has 28 heavy (non-hydrogen) atoms. The molecule has 0 spiro atoms. The summed E-state index contributed by atoms with van der Waals surface area (Å²) in [5.74, 6) is -1.06. The summed E-state index contributed by atoms with van der Waals surface area (Å²) in [4.78, 5) is 22.8. The van der Waals surface area contributed by atoms with Gasteiger partial charge in [0.05, 0.1) is 12.7 Å². The Morgan fingerprint density at radius 3 is 2.04 bits per heavy atom. The molecule has 2 heterocycles. The number of hydrogen-bond acceptors (Lipinski definition) is 10. The molecular weight excluding hydrogens is 380 g/mol. The maximum atomic E-state index is 11.5. The summed E-state index contributed by atoms with van der Waals surface area (Å²) in [5.41, 5.74) is 0. The summed E-state index contributed by atoms with van der Waals surface area (Å²) in [5, 5.41) is 55.2. The summed E-state index contributed by atoms with van der Waals surface area (Å²) in [6, 6.07) is -2.43. The first-order valence-electron chi connectivity index (χ1n) is 8.90. The molecule has 10 atom stereocenters. The van der Waals surface area contributed by atoms with Crippen LogP contribution < -0.4 is 10.6 Å². The largest absolute Gasteiger partial charge is 0.394 e. The number of carbonyl (C=O) groups excluding carboxylic acids is 2. The van der Waals surface area contributed by atoms with E-state index in [1.807, 2.05) is 0 Å². The van der Waals surface area contributed by atoms with E-state index in [2.05, 4.69) is 10.6 Å². The zero-order valence-corrected chi connectivity index (χ0v) is 15.8. The molecule has 12 nitrogen and oxygen atoms in total. The Morgan fingerprint density at radius 1 is 0.929 bits per heavy atom. The van der Waals surface area contributed by atoms with Gasteiger partial charge in [0.2, 0.25) is 11.8 Å². The standard InChI is InChI=1S/C16H28N2O10/c1-5-11(22)12(23)10(18-7(3)21)16(26-5)28-14-8(4-19)27-15(25)9(13(14)24)17-6(2)20/h5,8-16,19,22-25H,4H2,1-3H3,(H,17,20)(H,18,21)/t5-,8-,9-,10-,11-,12-,13-,14-,15-,16+/m1/s1. The second-order valence-electron chi connectivity index (χ2n) is 6.98. The molecule has 0 aliphatic carbocycles. The first-order valence-corrected chi connectivity index (χ1v) is 8.90. The second-order valence-corrected chi connectivity index (χ2v) is 6.98. The lowest BCUT2D eigenvalue weighted by atomic mass is 9.95. The van der Waals surface area contributed by atoms with Gasteiger partial charge in [-0.3, -0.25) is 9.59 Å². The minimum absolute atomic E-state index is 0.520. The Bertz CT molecular complexity index is 564. The van der Waals surface area contributed by atoms with Gasteiger partial charge in [0, 0.05) is 13.8 Å². The van der Waals surface area contributed by atoms with Crippen molar-refractivity contribution in [2.45, 2.75) is 82.1 Å². The zero-order chi connectivity index (χ0) is 21.2. The number of amides is 2. The van der Waals surface area contributed by atoms with Gasteiger partial charge in [0.25, 0.3) is 0 Å². The fourth-order valence-electron chi connectivity index (χ4n) is 3.33. The predicted molar refractivity (Wildman–Crippen MR) is 90.4 cm³/mol. The first-order chi connectivity index (χ1) is 13.1. The molecule has 2 aliphatic rings. The summed E-state index contributed by atoms with van der Waals surface area (Å²) in [6.07, 6.45) is -10.5. The fourth-order valence-corrected chi connectivity index (χ4v) is 3.33. The van der Waals surface area contributed by atoms with Crippen molar-refractivity contribution in [1.82, 2.24) is 10.6 Å². The molecule has 7 N–H and O–H groups in total. The van der Waals surface area contributed by atoms with Crippen LogP contribution in [0.25, 0.3) is 0 Å². The molecule has 0 aromatic carbocycles. The third kappa shape index (κ3) is 4.96. The van der Waals surface area contributed by atoms with Crippen LogP contribution in [0.2, 0.25) is 0 Å². The van der Waals surface area contributed by atoms with E-state index in [4.69, 9.17) is 14.2 Å². The topological polar surface area (TPSA) is 187 Å². The van der Waals surface area contributed by atoms with Gasteiger partial charge in [0.1, 0.15) is 42.6 Å². The molecule has 2 aliphatic heterocycles. The van der Waals surface area contributed by atoms with Gasteiger partial charge >= 0.3 is 0 Å². The predicted octanol–water partition coefficient (Wildman–Crippen LogP) is -4.08. The van der Waals surface area contributed by atoms with Crippen molar-refractivity contribution in [3.05, 3.63) is 0 Å². The Hall–Kier alpha value is -1.38. The first kappa shape index (κ1) is 22.9. The summed E-state index contributed by atoms with van der Waals surface area (Å²) in [6.45, 7) is 3.23. The lowest BCUT2D eigenvalue weighted by molar-refractivity contribution is -0.324. The van der Waals surface area contributed by atoms with E-state index in [1.54, 1.807) is 0 Å². The van der Waals surface area contributed by atoms with E-state index in [9.17, 15) is 35.1 Å². The van der Waals surface area contributed by atoms with Crippen LogP contribution in [0.1, 0.15) is 20.8 Å². The Morgan fingerprint density at radius 2 is 1.50 bits per heavy atom. The molecule has 12 heteroatoms. The lowest BCUT2D eigenvalue weighted by Crippen LogP contribution is -2.68. The Balaban J connectivity index is 2.24. The quantitative estimate of drug-likeness (QED) is 0.236. The van der Waals surface area contributed by atoms with Crippen molar-refractivity contribution < 1.29 is 49.3 Å². The van der Waals surface area contributed by atoms with Gasteiger partial charge in [-0.1, -0.05) is 0 Å². The molecule has 2 rings (SSSR count). The Labute approximate surface area is 161 Å². The number of carbonyl (C=O) groups is 2. The highest BCUT2D eigenvalue weighted by molar-refractivity contribution is 5.73. The molecule has 0 aromatic heterocycles. The van der Waals surface area contributed by atoms with E-state index in [1.165, 1.54) is 20.8 Å². The van der Waals surface area contributed by atoms with E-state index in [0.29, 0.717) is 0 Å². The van der Waals surface area contributed by atoms with Crippen LogP contribution >= 0.6 is 0 Å². The number of rotatable bonds is 5. The number of nitrogens with one attached hydrogen (secondary N) is 2. The van der Waals surface area contributed by atoms with Crippen LogP contribution in [0.15, 0.2) is 0 Å². The highest BCUT2D eigenvalue weighted by Crippen LogP contribution is 2.28. The minimum Gasteiger partial charge on any atom is -0.394 e. The van der Waals surface area contributed by atoms with Crippen LogP contribution in [0.4, 0.5) is 0 Å². The highest BCUT2D eigenvalue weighted by atomic mass is 16.7. The summed E-state index contributed by atoms with van der Waals surface area (Å²) < 4.78 is 16.4. The normalized spacial score (nSPS) is 44.0. The molecule has 0 saturated carbocycles. The smallest absolute Gasteiger partial charge is 0.217 e. The number of ether oxygens (including phenoxy) is 3. The average molecular weight is 408 g/mol. The monoisotopic (exact) mass is 408 g/mol. The lowest BCUT2D eigenvalue weighted by Gasteiger charge is -2.47. The maximum absolute atomic E-state index is 11.5. The third-order valence-electron chi connectivity index (χ3n) is 4.74. The van der Waals surface area contributed by atoms with Gasteiger partial charge < -0.3 is 50.4 Å². The van der Waals surface area contributed by atoms with E-state index < -0.39 is 79.7 Å². The number of aliphatic hydroxyl groups is 5. The molecule has 0 radical (unpaired) electrons. The van der Waals surface area contributed by atoms with Crippen LogP contribution in [-0.2, 0) is 23.8 Å². The molecule has 2 saturated heterocycles. The third-order valence-corrected chi connectivity index (χ3v) is 4.74. The van der Waals surface area contributed by atoms with Gasteiger partial charge in [-0.15, -0.1) is 0 Å². The molecule has 0 unspecified atom stereocenters. The van der Waals surface area contributed by atoms with Crippen molar-refractivity contribution in [1.29, 1.82) is 0 Å². The SMILES string of the molecule is CC(=O)N[C@@H]1[C@@H](O)[C@H](O[C@@H]2O[C@H](C)[C@@H](O)[C@H](O)[C@H]2NC(C)=O)[C@@H](CO)O[C@H]1O. The molecule has 162 valence electrons. The van der Waals surface area contributed by atoms with Gasteiger partial charge in [-0.05, 0) is 6.92 Å². The van der Waals surface area contributed by atoms with E-state index in [0.717, 1.165) is 0 Å². The molecular formula is C16H28N2O10. The van der Waals surface area contributed by atoms with Gasteiger partial charge in [-0.2, -0.15) is 0 Å². The average Bonchev–Trinajstić information content (AvgIpc) is 2.61. The van der Waals surface area contributed by atoms with Gasteiger partial charge in [-0.25, -0.2) is 0 Å². The second kappa shape index (κ2) is 9.41. The molecule has 2 amide bonds. The van der Waals surface area contributed by atoms with Crippen LogP contribution in [0, 0.1) is 0 Å². The number of aliphatic hydroxyl groups excluding tert-OH is 5. The summed E-state index contributed by atoms with van der Waals surface area (Å²) >= 11 is 0. The zero-order valence-electron chi connectivity index (χ0n) is 15.8. The van der Waals surface area contributed by atoms with Crippen molar-refractivity contribution in [2.24, 2.45) is 0 Å². The van der Waals surface area contributed by atoms with Crippen molar-refractivity contribution in [3.63, 3.8) is 0 Å². The van der Waals surface area contributed by atoms with Crippen molar-refractivity contribution in [2.75, 3.05) is 6.61 Å². The molecule has 0 bridgehead atoms. The van der Waals surface area contributed by atoms with Crippen molar-refractivity contribution in [3.8, 4) is 0 Å². The highest BCUT2D eigenvalue weighted by Gasteiger charge is 2.50. The van der Waals surface area contributed by atoms with E-state index in [-0.39, 0.29) is 0 Å². The van der Waals surface area contributed by atoms with Crippen LogP contribution in [-0.4, -0.2) is 105 Å². The maximum Gasteiger partial charge on any atom is 0.217 e. The van der Waals surface area contributed by atoms with Crippen LogP contribution in [0.5, 0.6) is 0 Å². The fraction of sp³-hybridized carbons (Fsp3) is 0.875. The van der Waals surface area contributed by atoms with Gasteiger partial charge in [0.15, 0.2) is 12.6 Å². The number of hydrogen-bond donors (Lipinski definition) is 7. The van der Waals surface area contributed by atoms with Crippen molar-refractivity contribution >= 4 is 11.8 Å².